The summed E-state index contributed by atoms with van der Waals surface area (Å²) in [6, 6.07) is 1.55. The van der Waals surface area contributed by atoms with E-state index in [4.69, 9.17) is 0 Å². The van der Waals surface area contributed by atoms with Crippen molar-refractivity contribution in [3.8, 4) is 0 Å². The highest BCUT2D eigenvalue weighted by Gasteiger charge is 2.39. The van der Waals surface area contributed by atoms with Crippen LogP contribution in [0.5, 0.6) is 0 Å². The van der Waals surface area contributed by atoms with Gasteiger partial charge in [-0.1, -0.05) is 33.6 Å². The van der Waals surface area contributed by atoms with E-state index in [1.165, 1.54) is 32.2 Å². The van der Waals surface area contributed by atoms with Crippen LogP contribution in [0.4, 0.5) is 0 Å². The van der Waals surface area contributed by atoms with Gasteiger partial charge in [0.15, 0.2) is 0 Å². The molecule has 3 atom stereocenters. The molecule has 1 saturated heterocycles. The van der Waals surface area contributed by atoms with Gasteiger partial charge in [0.25, 0.3) is 0 Å². The SMILES string of the molecule is CC(C)C1CNC(C)(C)CN1C1CCCCC1C. The summed E-state index contributed by atoms with van der Waals surface area (Å²) in [5.74, 6) is 1.64. The molecular weight excluding hydrogens is 220 g/mol. The van der Waals surface area contributed by atoms with Gasteiger partial charge in [-0.05, 0) is 38.5 Å². The highest BCUT2D eigenvalue weighted by molar-refractivity contribution is 4.97. The summed E-state index contributed by atoms with van der Waals surface area (Å²) >= 11 is 0. The second-order valence-electron chi connectivity index (χ2n) is 7.58. The van der Waals surface area contributed by atoms with Crippen molar-refractivity contribution in [3.63, 3.8) is 0 Å². The predicted molar refractivity (Wildman–Crippen MR) is 78.8 cm³/mol. The second-order valence-corrected chi connectivity index (χ2v) is 7.58. The Morgan fingerprint density at radius 1 is 1.17 bits per heavy atom. The number of piperazine rings is 1. The molecule has 0 amide bonds. The van der Waals surface area contributed by atoms with Crippen LogP contribution >= 0.6 is 0 Å². The van der Waals surface area contributed by atoms with Gasteiger partial charge in [0.1, 0.15) is 0 Å². The normalized spacial score (nSPS) is 38.0. The minimum absolute atomic E-state index is 0.280. The Balaban J connectivity index is 2.13. The van der Waals surface area contributed by atoms with E-state index in [0.29, 0.717) is 0 Å². The molecule has 0 aromatic carbocycles. The molecule has 2 aliphatic rings. The van der Waals surface area contributed by atoms with Crippen molar-refractivity contribution in [3.05, 3.63) is 0 Å². The van der Waals surface area contributed by atoms with Gasteiger partial charge < -0.3 is 5.32 Å². The Morgan fingerprint density at radius 3 is 2.44 bits per heavy atom. The maximum atomic E-state index is 3.73. The fourth-order valence-electron chi connectivity index (χ4n) is 3.90. The van der Waals surface area contributed by atoms with E-state index in [1.54, 1.807) is 0 Å². The maximum absolute atomic E-state index is 3.73. The van der Waals surface area contributed by atoms with E-state index >= 15 is 0 Å². The predicted octanol–water partition coefficient (Wildman–Crippen LogP) is 3.27. The smallest absolute Gasteiger partial charge is 0.0253 e. The second kappa shape index (κ2) is 5.50. The standard InChI is InChI=1S/C16H32N2/c1-12(2)15-10-17-16(4,5)11-18(15)14-9-7-6-8-13(14)3/h12-15,17H,6-11H2,1-5H3. The molecule has 0 aromatic rings. The van der Waals surface area contributed by atoms with E-state index in [2.05, 4.69) is 44.8 Å². The molecule has 106 valence electrons. The van der Waals surface area contributed by atoms with Crippen LogP contribution < -0.4 is 5.32 Å². The molecular formula is C16H32N2. The molecule has 1 aliphatic heterocycles. The minimum atomic E-state index is 0.280. The number of hydrogen-bond donors (Lipinski definition) is 1. The molecule has 2 rings (SSSR count). The molecule has 1 N–H and O–H groups in total. The van der Waals surface area contributed by atoms with Crippen molar-refractivity contribution in [1.29, 1.82) is 0 Å². The van der Waals surface area contributed by atoms with Gasteiger partial charge in [-0.2, -0.15) is 0 Å². The van der Waals surface area contributed by atoms with E-state index in [9.17, 15) is 0 Å². The quantitative estimate of drug-likeness (QED) is 0.811. The molecule has 1 heterocycles. The van der Waals surface area contributed by atoms with Crippen LogP contribution in [0, 0.1) is 11.8 Å². The zero-order chi connectivity index (χ0) is 13.3. The lowest BCUT2D eigenvalue weighted by Crippen LogP contribution is -2.66. The summed E-state index contributed by atoms with van der Waals surface area (Å²) in [6.07, 6.45) is 5.73. The first kappa shape index (κ1) is 14.3. The van der Waals surface area contributed by atoms with Crippen molar-refractivity contribution >= 4 is 0 Å². The Hall–Kier alpha value is -0.0800. The monoisotopic (exact) mass is 252 g/mol. The van der Waals surface area contributed by atoms with Crippen LogP contribution in [0.15, 0.2) is 0 Å². The summed E-state index contributed by atoms with van der Waals surface area (Å²) in [6.45, 7) is 14.3. The summed E-state index contributed by atoms with van der Waals surface area (Å²) in [5.41, 5.74) is 0.280. The van der Waals surface area contributed by atoms with Crippen molar-refractivity contribution < 1.29 is 0 Å². The molecule has 2 fully saturated rings. The summed E-state index contributed by atoms with van der Waals surface area (Å²) in [5, 5.41) is 3.73. The number of hydrogen-bond acceptors (Lipinski definition) is 2. The zero-order valence-corrected chi connectivity index (χ0v) is 13.0. The van der Waals surface area contributed by atoms with E-state index in [-0.39, 0.29) is 5.54 Å². The van der Waals surface area contributed by atoms with Crippen LogP contribution in [0.1, 0.15) is 60.3 Å². The fraction of sp³-hybridized carbons (Fsp3) is 1.00. The third-order valence-corrected chi connectivity index (χ3v) is 5.06. The lowest BCUT2D eigenvalue weighted by Gasteiger charge is -2.52. The Morgan fingerprint density at radius 2 is 1.83 bits per heavy atom. The van der Waals surface area contributed by atoms with Crippen molar-refractivity contribution in [1.82, 2.24) is 10.2 Å². The molecule has 0 spiro atoms. The molecule has 2 nitrogen and oxygen atoms in total. The van der Waals surface area contributed by atoms with E-state index < -0.39 is 0 Å². The first-order valence-electron chi connectivity index (χ1n) is 7.91. The first-order valence-corrected chi connectivity index (χ1v) is 7.91. The number of rotatable bonds is 2. The molecule has 0 aromatic heterocycles. The third kappa shape index (κ3) is 3.08. The Labute approximate surface area is 114 Å². The molecule has 0 radical (unpaired) electrons. The van der Waals surface area contributed by atoms with Gasteiger partial charge >= 0.3 is 0 Å². The summed E-state index contributed by atoms with van der Waals surface area (Å²) in [4.78, 5) is 2.85. The van der Waals surface area contributed by atoms with Crippen molar-refractivity contribution in [2.45, 2.75) is 77.9 Å². The van der Waals surface area contributed by atoms with Gasteiger partial charge in [-0.25, -0.2) is 0 Å². The van der Waals surface area contributed by atoms with Crippen LogP contribution in [0.2, 0.25) is 0 Å². The Bertz CT molecular complexity index is 272. The molecule has 3 unspecified atom stereocenters. The molecule has 1 saturated carbocycles. The van der Waals surface area contributed by atoms with Crippen LogP contribution in [-0.2, 0) is 0 Å². The van der Waals surface area contributed by atoms with E-state index in [0.717, 1.165) is 30.5 Å². The summed E-state index contributed by atoms with van der Waals surface area (Å²) < 4.78 is 0. The zero-order valence-electron chi connectivity index (χ0n) is 13.0. The summed E-state index contributed by atoms with van der Waals surface area (Å²) in [7, 11) is 0. The maximum Gasteiger partial charge on any atom is 0.0253 e. The first-order chi connectivity index (χ1) is 8.41. The molecule has 1 aliphatic carbocycles. The van der Waals surface area contributed by atoms with Gasteiger partial charge in [-0.15, -0.1) is 0 Å². The van der Waals surface area contributed by atoms with Crippen LogP contribution in [0.25, 0.3) is 0 Å². The third-order valence-electron chi connectivity index (χ3n) is 5.06. The lowest BCUT2D eigenvalue weighted by molar-refractivity contribution is -0.00172. The highest BCUT2D eigenvalue weighted by Crippen LogP contribution is 2.33. The average molecular weight is 252 g/mol. The molecule has 2 heteroatoms. The fourth-order valence-corrected chi connectivity index (χ4v) is 3.90. The molecule has 0 bridgehead atoms. The molecule has 18 heavy (non-hydrogen) atoms. The topological polar surface area (TPSA) is 15.3 Å². The van der Waals surface area contributed by atoms with Gasteiger partial charge in [-0.3, -0.25) is 4.90 Å². The van der Waals surface area contributed by atoms with Crippen molar-refractivity contribution in [2.75, 3.05) is 13.1 Å². The lowest BCUT2D eigenvalue weighted by atomic mass is 9.81. The van der Waals surface area contributed by atoms with Crippen LogP contribution in [-0.4, -0.2) is 35.6 Å². The van der Waals surface area contributed by atoms with Crippen molar-refractivity contribution in [2.24, 2.45) is 11.8 Å². The van der Waals surface area contributed by atoms with E-state index in [1.807, 2.05) is 0 Å². The average Bonchev–Trinajstić information content (AvgIpc) is 2.27. The number of nitrogens with zero attached hydrogens (tertiary/aromatic N) is 1. The van der Waals surface area contributed by atoms with Crippen LogP contribution in [0.3, 0.4) is 0 Å². The Kier molecular flexibility index (Phi) is 4.38. The van der Waals surface area contributed by atoms with Gasteiger partial charge in [0.2, 0.25) is 0 Å². The van der Waals surface area contributed by atoms with Gasteiger partial charge in [0, 0.05) is 30.7 Å². The minimum Gasteiger partial charge on any atom is -0.309 e. The largest absolute Gasteiger partial charge is 0.309 e. The number of nitrogens with one attached hydrogen (secondary N) is 1. The highest BCUT2D eigenvalue weighted by atomic mass is 15.3. The van der Waals surface area contributed by atoms with Gasteiger partial charge in [0.05, 0.1) is 0 Å².